The van der Waals surface area contributed by atoms with Crippen LogP contribution in [0.1, 0.15) is 30.7 Å². The fourth-order valence-electron chi connectivity index (χ4n) is 5.03. The highest BCUT2D eigenvalue weighted by Gasteiger charge is 2.60. The molecule has 35 heavy (non-hydrogen) atoms. The zero-order valence-electron chi connectivity index (χ0n) is 19.4. The third-order valence-corrected chi connectivity index (χ3v) is 7.62. The molecule has 5 rings (SSSR count). The van der Waals surface area contributed by atoms with Crippen molar-refractivity contribution in [2.24, 2.45) is 0 Å². The molecule has 3 aromatic rings. The van der Waals surface area contributed by atoms with Gasteiger partial charge >= 0.3 is 6.03 Å². The maximum absolute atomic E-state index is 13.7. The van der Waals surface area contributed by atoms with Crippen molar-refractivity contribution in [3.05, 3.63) is 63.3 Å². The number of hydrogen-bond acceptors (Lipinski definition) is 4. The first-order valence-electron chi connectivity index (χ1n) is 11.2. The molecule has 182 valence electrons. The van der Waals surface area contributed by atoms with Crippen molar-refractivity contribution in [1.82, 2.24) is 20.1 Å². The minimum atomic E-state index is -1.23. The molecule has 0 saturated carbocycles. The fraction of sp³-hybridized carbons (Fsp3) is 0.320. The van der Waals surface area contributed by atoms with Crippen molar-refractivity contribution in [2.75, 3.05) is 13.7 Å². The Morgan fingerprint density at radius 1 is 1.23 bits per heavy atom. The SMILES string of the molecule is COc1ccc2[nH]c3c(c2c1)CCN1C(=O)N([C@@H](C)C(=O)NCc2ccc(Cl)cc2Cl)C(=O)[C@]31C. The normalized spacial score (nSPS) is 20.1. The summed E-state index contributed by atoms with van der Waals surface area (Å²) in [6.07, 6.45) is 0.584. The third kappa shape index (κ3) is 3.54. The van der Waals surface area contributed by atoms with Crippen molar-refractivity contribution < 1.29 is 19.1 Å². The number of aromatic nitrogens is 1. The van der Waals surface area contributed by atoms with E-state index in [-0.39, 0.29) is 6.54 Å². The van der Waals surface area contributed by atoms with Gasteiger partial charge in [-0.2, -0.15) is 0 Å². The zero-order valence-corrected chi connectivity index (χ0v) is 21.0. The van der Waals surface area contributed by atoms with Gasteiger partial charge in [0.15, 0.2) is 5.54 Å². The van der Waals surface area contributed by atoms with E-state index < -0.39 is 29.4 Å². The molecule has 3 heterocycles. The number of carbonyl (C=O) groups excluding carboxylic acids is 3. The van der Waals surface area contributed by atoms with Gasteiger partial charge in [0.05, 0.1) is 12.8 Å². The highest BCUT2D eigenvalue weighted by molar-refractivity contribution is 6.35. The van der Waals surface area contributed by atoms with Crippen LogP contribution in [-0.2, 0) is 28.1 Å². The number of rotatable bonds is 5. The van der Waals surface area contributed by atoms with E-state index in [9.17, 15) is 14.4 Å². The number of fused-ring (bicyclic) bond motifs is 5. The van der Waals surface area contributed by atoms with Gasteiger partial charge in [0.1, 0.15) is 11.8 Å². The second-order valence-electron chi connectivity index (χ2n) is 8.95. The van der Waals surface area contributed by atoms with Crippen LogP contribution >= 0.6 is 23.2 Å². The van der Waals surface area contributed by atoms with Gasteiger partial charge in [0.2, 0.25) is 5.91 Å². The molecule has 0 radical (unpaired) electrons. The molecule has 4 amide bonds. The second-order valence-corrected chi connectivity index (χ2v) is 9.79. The lowest BCUT2D eigenvalue weighted by Crippen LogP contribution is -2.49. The Bertz CT molecular complexity index is 1390. The third-order valence-electron chi connectivity index (χ3n) is 7.03. The number of amides is 4. The quantitative estimate of drug-likeness (QED) is 0.498. The summed E-state index contributed by atoms with van der Waals surface area (Å²) in [6, 6.07) is 9.18. The average Bonchev–Trinajstić information content (AvgIpc) is 3.30. The lowest BCUT2D eigenvalue weighted by molar-refractivity contribution is -0.139. The van der Waals surface area contributed by atoms with E-state index in [4.69, 9.17) is 27.9 Å². The number of halogens is 2. The van der Waals surface area contributed by atoms with Gasteiger partial charge in [0, 0.05) is 34.0 Å². The maximum Gasteiger partial charge on any atom is 0.328 e. The van der Waals surface area contributed by atoms with E-state index >= 15 is 0 Å². The molecule has 2 atom stereocenters. The van der Waals surface area contributed by atoms with E-state index in [0.717, 1.165) is 21.4 Å². The molecule has 0 spiro atoms. The summed E-state index contributed by atoms with van der Waals surface area (Å²) in [7, 11) is 1.60. The van der Waals surface area contributed by atoms with E-state index in [2.05, 4.69) is 10.3 Å². The molecule has 2 aliphatic rings. The van der Waals surface area contributed by atoms with Gasteiger partial charge < -0.3 is 19.9 Å². The Kier molecular flexibility index (Phi) is 5.68. The summed E-state index contributed by atoms with van der Waals surface area (Å²) >= 11 is 12.1. The highest BCUT2D eigenvalue weighted by atomic mass is 35.5. The average molecular weight is 515 g/mol. The minimum absolute atomic E-state index is 0.143. The molecular weight excluding hydrogens is 491 g/mol. The predicted molar refractivity (Wildman–Crippen MR) is 133 cm³/mol. The number of methoxy groups -OCH3 is 1. The lowest BCUT2D eigenvalue weighted by Gasteiger charge is -2.36. The van der Waals surface area contributed by atoms with E-state index in [1.54, 1.807) is 44.1 Å². The Hall–Kier alpha value is -3.23. The summed E-state index contributed by atoms with van der Waals surface area (Å²) in [5, 5.41) is 4.65. The molecular formula is C25H24Cl2N4O4. The number of ether oxygens (including phenoxy) is 1. The van der Waals surface area contributed by atoms with E-state index in [1.165, 1.54) is 0 Å². The molecule has 2 N–H and O–H groups in total. The Morgan fingerprint density at radius 3 is 2.71 bits per heavy atom. The van der Waals surface area contributed by atoms with Crippen LogP contribution in [0.3, 0.4) is 0 Å². The highest BCUT2D eigenvalue weighted by Crippen LogP contribution is 2.45. The first-order chi connectivity index (χ1) is 16.7. The van der Waals surface area contributed by atoms with Crippen LogP contribution in [0.2, 0.25) is 10.0 Å². The monoisotopic (exact) mass is 514 g/mol. The number of imide groups is 1. The van der Waals surface area contributed by atoms with Crippen molar-refractivity contribution in [3.63, 3.8) is 0 Å². The van der Waals surface area contributed by atoms with Crippen LogP contribution in [0.4, 0.5) is 4.79 Å². The van der Waals surface area contributed by atoms with Gasteiger partial charge in [-0.05, 0) is 61.7 Å². The van der Waals surface area contributed by atoms with Crippen LogP contribution in [0.15, 0.2) is 36.4 Å². The predicted octanol–water partition coefficient (Wildman–Crippen LogP) is 4.22. The number of nitrogens with zero attached hydrogens (tertiary/aromatic N) is 2. The molecule has 1 saturated heterocycles. The van der Waals surface area contributed by atoms with Gasteiger partial charge in [-0.15, -0.1) is 0 Å². The molecule has 2 aliphatic heterocycles. The molecule has 1 fully saturated rings. The lowest BCUT2D eigenvalue weighted by atomic mass is 9.87. The summed E-state index contributed by atoms with van der Waals surface area (Å²) in [4.78, 5) is 46.1. The maximum atomic E-state index is 13.7. The van der Waals surface area contributed by atoms with Gasteiger partial charge in [-0.3, -0.25) is 9.59 Å². The number of urea groups is 1. The largest absolute Gasteiger partial charge is 0.497 e. The second kappa shape index (κ2) is 8.46. The van der Waals surface area contributed by atoms with Crippen molar-refractivity contribution in [1.29, 1.82) is 0 Å². The number of hydrogen-bond donors (Lipinski definition) is 2. The standard InChI is InChI=1S/C25H24Cl2N4O4/c1-13(22(32)28-12-14-4-5-15(26)10-19(14)27)31-23(33)25(2)21-17(8-9-30(25)24(31)34)18-11-16(35-3)6-7-20(18)29-21/h4-7,10-11,13,29H,8-9,12H2,1-3H3,(H,28,32)/t13-,25-/m0/s1. The van der Waals surface area contributed by atoms with Crippen molar-refractivity contribution in [2.45, 2.75) is 38.4 Å². The smallest absolute Gasteiger partial charge is 0.328 e. The molecule has 0 aliphatic carbocycles. The van der Waals surface area contributed by atoms with Crippen LogP contribution in [0.25, 0.3) is 10.9 Å². The summed E-state index contributed by atoms with van der Waals surface area (Å²) in [5.41, 5.74) is 1.97. The van der Waals surface area contributed by atoms with Gasteiger partial charge in [-0.1, -0.05) is 29.3 Å². The van der Waals surface area contributed by atoms with Crippen LogP contribution in [0.5, 0.6) is 5.75 Å². The molecule has 0 bridgehead atoms. The molecule has 2 aromatic carbocycles. The number of aromatic amines is 1. The Labute approximate surface area is 212 Å². The van der Waals surface area contributed by atoms with E-state index in [1.807, 2.05) is 18.2 Å². The van der Waals surface area contributed by atoms with Gasteiger partial charge in [0.25, 0.3) is 5.91 Å². The van der Waals surface area contributed by atoms with E-state index in [0.29, 0.717) is 40.0 Å². The number of nitrogens with one attached hydrogen (secondary N) is 2. The Morgan fingerprint density at radius 2 is 2.00 bits per heavy atom. The first kappa shape index (κ1) is 23.5. The number of H-pyrrole nitrogens is 1. The van der Waals surface area contributed by atoms with Crippen LogP contribution < -0.4 is 10.1 Å². The fourth-order valence-corrected chi connectivity index (χ4v) is 5.50. The molecule has 10 heteroatoms. The van der Waals surface area contributed by atoms with Crippen LogP contribution in [-0.4, -0.2) is 52.3 Å². The zero-order chi connectivity index (χ0) is 25.1. The minimum Gasteiger partial charge on any atom is -0.497 e. The number of benzene rings is 2. The van der Waals surface area contributed by atoms with Crippen LogP contribution in [0, 0.1) is 0 Å². The molecule has 1 aromatic heterocycles. The Balaban J connectivity index is 1.42. The van der Waals surface area contributed by atoms with Crippen molar-refractivity contribution in [3.8, 4) is 5.75 Å². The topological polar surface area (TPSA) is 94.7 Å². The van der Waals surface area contributed by atoms with Gasteiger partial charge in [-0.25, -0.2) is 9.69 Å². The molecule has 0 unspecified atom stereocenters. The van der Waals surface area contributed by atoms with Crippen molar-refractivity contribution >= 4 is 52.0 Å². The summed E-state index contributed by atoms with van der Waals surface area (Å²) in [5.74, 6) is -0.176. The summed E-state index contributed by atoms with van der Waals surface area (Å²) < 4.78 is 5.36. The molecule has 8 nitrogen and oxygen atoms in total. The summed E-state index contributed by atoms with van der Waals surface area (Å²) in [6.45, 7) is 3.79. The first-order valence-corrected chi connectivity index (χ1v) is 12.0. The number of carbonyl (C=O) groups is 3.